The number of nitrogens with two attached hydrogens (primary N) is 1. The van der Waals surface area contributed by atoms with Crippen molar-refractivity contribution in [3.05, 3.63) is 0 Å². The van der Waals surface area contributed by atoms with Crippen LogP contribution in [-0.2, 0) is 19.1 Å². The van der Waals surface area contributed by atoms with Crippen molar-refractivity contribution in [3.8, 4) is 0 Å². The van der Waals surface area contributed by atoms with Gasteiger partial charge in [-0.1, -0.05) is 0 Å². The summed E-state index contributed by atoms with van der Waals surface area (Å²) in [5.41, 5.74) is 5.27. The number of carbonyl (C=O) groups excluding carboxylic acids is 4. The normalized spacial score (nSPS) is 19.4. The lowest BCUT2D eigenvalue weighted by Crippen LogP contribution is -2.52. The number of hydrogen-bond acceptors (Lipinski definition) is 5. The number of likely N-dealkylation sites (tertiary alicyclic amines) is 2. The molecular weight excluding hydrogens is 328 g/mol. The van der Waals surface area contributed by atoms with Gasteiger partial charge in [0.2, 0.25) is 5.91 Å². The van der Waals surface area contributed by atoms with E-state index in [4.69, 9.17) is 10.5 Å². The molecule has 2 heterocycles. The van der Waals surface area contributed by atoms with Gasteiger partial charge in [0.15, 0.2) is 0 Å². The van der Waals surface area contributed by atoms with Crippen molar-refractivity contribution < 1.29 is 23.9 Å². The summed E-state index contributed by atoms with van der Waals surface area (Å²) >= 11 is 0. The van der Waals surface area contributed by atoms with Crippen LogP contribution in [0, 0.1) is 5.92 Å². The van der Waals surface area contributed by atoms with Crippen LogP contribution in [0.1, 0.15) is 32.6 Å². The number of rotatable bonds is 3. The Labute approximate surface area is 146 Å². The number of nitrogens with zero attached hydrogens (tertiary/aromatic N) is 2. The Kier molecular flexibility index (Phi) is 6.60. The van der Waals surface area contributed by atoms with Crippen LogP contribution in [0.15, 0.2) is 0 Å². The maximum Gasteiger partial charge on any atom is 0.409 e. The Bertz CT molecular complexity index is 523. The predicted molar refractivity (Wildman–Crippen MR) is 88.3 cm³/mol. The minimum absolute atomic E-state index is 0.134. The third-order valence-electron chi connectivity index (χ3n) is 4.73. The highest BCUT2D eigenvalue weighted by Crippen LogP contribution is 2.17. The molecule has 25 heavy (non-hydrogen) atoms. The zero-order valence-electron chi connectivity index (χ0n) is 14.5. The van der Waals surface area contributed by atoms with Gasteiger partial charge in [-0.15, -0.1) is 0 Å². The maximum absolute atomic E-state index is 12.2. The van der Waals surface area contributed by atoms with E-state index in [9.17, 15) is 19.2 Å². The summed E-state index contributed by atoms with van der Waals surface area (Å²) in [6.45, 7) is 3.78. The molecule has 0 aromatic rings. The van der Waals surface area contributed by atoms with Crippen molar-refractivity contribution in [1.82, 2.24) is 15.1 Å². The fourth-order valence-electron chi connectivity index (χ4n) is 3.18. The zero-order chi connectivity index (χ0) is 18.4. The molecule has 2 aliphatic rings. The number of piperidine rings is 2. The first kappa shape index (κ1) is 19.0. The Hall–Kier alpha value is -2.32. The van der Waals surface area contributed by atoms with E-state index in [0.29, 0.717) is 58.5 Å². The molecule has 2 fully saturated rings. The monoisotopic (exact) mass is 354 g/mol. The quantitative estimate of drug-likeness (QED) is 0.658. The molecule has 9 heteroatoms. The first-order valence-corrected chi connectivity index (χ1v) is 8.73. The van der Waals surface area contributed by atoms with Crippen molar-refractivity contribution in [2.75, 3.05) is 32.8 Å². The van der Waals surface area contributed by atoms with E-state index in [1.807, 2.05) is 0 Å². The van der Waals surface area contributed by atoms with Gasteiger partial charge in [-0.05, 0) is 32.6 Å². The first-order valence-electron chi connectivity index (χ1n) is 8.73. The minimum Gasteiger partial charge on any atom is -0.450 e. The summed E-state index contributed by atoms with van der Waals surface area (Å²) in [5.74, 6) is -1.79. The highest BCUT2D eigenvalue weighted by molar-refractivity contribution is 6.35. The predicted octanol–water partition coefficient (Wildman–Crippen LogP) is -0.553. The van der Waals surface area contributed by atoms with E-state index in [0.717, 1.165) is 0 Å². The van der Waals surface area contributed by atoms with Crippen LogP contribution in [0.25, 0.3) is 0 Å². The van der Waals surface area contributed by atoms with Gasteiger partial charge < -0.3 is 25.6 Å². The van der Waals surface area contributed by atoms with E-state index in [1.165, 1.54) is 4.90 Å². The number of amides is 4. The highest BCUT2D eigenvalue weighted by Gasteiger charge is 2.31. The molecular formula is C16H26N4O5. The lowest BCUT2D eigenvalue weighted by atomic mass is 9.96. The zero-order valence-corrected chi connectivity index (χ0v) is 14.5. The number of carbonyl (C=O) groups is 4. The van der Waals surface area contributed by atoms with Crippen molar-refractivity contribution in [1.29, 1.82) is 0 Å². The SMILES string of the molecule is CCOC(=O)N1CCC(NC(=O)C(=O)N2CCC(C(N)=O)CC2)CC1. The average Bonchev–Trinajstić information content (AvgIpc) is 2.62. The Morgan fingerprint density at radius 3 is 2.08 bits per heavy atom. The van der Waals surface area contributed by atoms with Crippen LogP contribution < -0.4 is 11.1 Å². The van der Waals surface area contributed by atoms with Crippen LogP contribution >= 0.6 is 0 Å². The fourth-order valence-corrected chi connectivity index (χ4v) is 3.18. The summed E-state index contributed by atoms with van der Waals surface area (Å²) in [5, 5.41) is 2.74. The third-order valence-corrected chi connectivity index (χ3v) is 4.73. The molecule has 0 radical (unpaired) electrons. The smallest absolute Gasteiger partial charge is 0.409 e. The molecule has 2 saturated heterocycles. The Morgan fingerprint density at radius 1 is 1.00 bits per heavy atom. The van der Waals surface area contributed by atoms with Gasteiger partial charge in [-0.3, -0.25) is 14.4 Å². The van der Waals surface area contributed by atoms with Crippen molar-refractivity contribution in [3.63, 3.8) is 0 Å². The number of hydrogen-bond donors (Lipinski definition) is 2. The van der Waals surface area contributed by atoms with Gasteiger partial charge in [0, 0.05) is 38.1 Å². The van der Waals surface area contributed by atoms with Gasteiger partial charge >= 0.3 is 17.9 Å². The Balaban J connectivity index is 1.74. The average molecular weight is 354 g/mol. The van der Waals surface area contributed by atoms with Gasteiger partial charge in [0.05, 0.1) is 6.61 Å². The lowest BCUT2D eigenvalue weighted by molar-refractivity contribution is -0.147. The van der Waals surface area contributed by atoms with Gasteiger partial charge in [0.1, 0.15) is 0 Å². The summed E-state index contributed by atoms with van der Waals surface area (Å²) in [6.07, 6.45) is 1.81. The van der Waals surface area contributed by atoms with E-state index >= 15 is 0 Å². The second kappa shape index (κ2) is 8.68. The van der Waals surface area contributed by atoms with Crippen LogP contribution in [0.5, 0.6) is 0 Å². The first-order chi connectivity index (χ1) is 11.9. The van der Waals surface area contributed by atoms with Gasteiger partial charge in [-0.25, -0.2) is 4.79 Å². The summed E-state index contributed by atoms with van der Waals surface area (Å²) < 4.78 is 4.95. The molecule has 0 aliphatic carbocycles. The van der Waals surface area contributed by atoms with E-state index in [-0.39, 0.29) is 24.0 Å². The van der Waals surface area contributed by atoms with Crippen LogP contribution in [0.2, 0.25) is 0 Å². The molecule has 140 valence electrons. The summed E-state index contributed by atoms with van der Waals surface area (Å²) in [4.78, 5) is 50.2. The Morgan fingerprint density at radius 2 is 1.56 bits per heavy atom. The number of primary amides is 1. The molecule has 3 N–H and O–H groups in total. The molecule has 0 aromatic carbocycles. The number of nitrogens with one attached hydrogen (secondary N) is 1. The summed E-state index contributed by atoms with van der Waals surface area (Å²) in [6, 6.07) is -0.134. The van der Waals surface area contributed by atoms with Crippen molar-refractivity contribution in [2.24, 2.45) is 11.7 Å². The molecule has 2 rings (SSSR count). The maximum atomic E-state index is 12.2. The largest absolute Gasteiger partial charge is 0.450 e. The fraction of sp³-hybridized carbons (Fsp3) is 0.750. The molecule has 0 unspecified atom stereocenters. The minimum atomic E-state index is -0.632. The molecule has 4 amide bonds. The second-order valence-electron chi connectivity index (χ2n) is 6.40. The summed E-state index contributed by atoms with van der Waals surface area (Å²) in [7, 11) is 0. The highest BCUT2D eigenvalue weighted by atomic mass is 16.6. The number of ether oxygens (including phenoxy) is 1. The topological polar surface area (TPSA) is 122 Å². The van der Waals surface area contributed by atoms with Crippen LogP contribution in [0.3, 0.4) is 0 Å². The molecule has 0 aromatic heterocycles. The standard InChI is InChI=1S/C16H26N4O5/c1-2-25-16(24)20-9-5-12(6-10-20)18-14(22)15(23)19-7-3-11(4-8-19)13(17)21/h11-12H,2-10H2,1H3,(H2,17,21)(H,18,22). The van der Waals surface area contributed by atoms with Gasteiger partial charge in [-0.2, -0.15) is 0 Å². The second-order valence-corrected chi connectivity index (χ2v) is 6.40. The molecule has 0 saturated carbocycles. The van der Waals surface area contributed by atoms with Crippen LogP contribution in [0.4, 0.5) is 4.79 Å². The lowest BCUT2D eigenvalue weighted by Gasteiger charge is -2.33. The molecule has 9 nitrogen and oxygen atoms in total. The van der Waals surface area contributed by atoms with Crippen molar-refractivity contribution >= 4 is 23.8 Å². The van der Waals surface area contributed by atoms with E-state index in [2.05, 4.69) is 5.32 Å². The molecule has 0 atom stereocenters. The van der Waals surface area contributed by atoms with E-state index in [1.54, 1.807) is 11.8 Å². The van der Waals surface area contributed by atoms with Crippen molar-refractivity contribution in [2.45, 2.75) is 38.6 Å². The third kappa shape index (κ3) is 5.07. The molecule has 0 spiro atoms. The van der Waals surface area contributed by atoms with Gasteiger partial charge in [0.25, 0.3) is 0 Å². The molecule has 0 bridgehead atoms. The van der Waals surface area contributed by atoms with E-state index < -0.39 is 11.8 Å². The molecule has 2 aliphatic heterocycles. The van der Waals surface area contributed by atoms with Crippen LogP contribution in [-0.4, -0.2) is 72.4 Å².